The van der Waals surface area contributed by atoms with Crippen molar-refractivity contribution < 1.29 is 4.74 Å². The van der Waals surface area contributed by atoms with Crippen LogP contribution < -0.4 is 4.74 Å². The molecule has 1 nitrogen and oxygen atoms in total. The van der Waals surface area contributed by atoms with Gasteiger partial charge in [0.1, 0.15) is 5.75 Å². The van der Waals surface area contributed by atoms with Crippen molar-refractivity contribution in [1.82, 2.24) is 0 Å². The van der Waals surface area contributed by atoms with Crippen molar-refractivity contribution in [1.29, 1.82) is 0 Å². The predicted molar refractivity (Wildman–Crippen MR) is 70.7 cm³/mol. The molecule has 2 unspecified atom stereocenters. The average Bonchev–Trinajstić information content (AvgIpc) is 2.28. The Labute approximate surface area is 108 Å². The maximum Gasteiger partial charge on any atom is 0.120 e. The molecule has 0 aliphatic carbocycles. The summed E-state index contributed by atoms with van der Waals surface area (Å²) in [6.07, 6.45) is 2.08. The molecule has 0 aromatic heterocycles. The van der Waals surface area contributed by atoms with Gasteiger partial charge >= 0.3 is 0 Å². The fourth-order valence-electron chi connectivity index (χ4n) is 1.54. The van der Waals surface area contributed by atoms with Crippen LogP contribution in [0.25, 0.3) is 0 Å². The first-order valence-electron chi connectivity index (χ1n) is 5.56. The maximum absolute atomic E-state index is 6.36. The van der Waals surface area contributed by atoms with Crippen molar-refractivity contribution >= 4 is 23.2 Å². The number of hydrogen-bond acceptors (Lipinski definition) is 1. The van der Waals surface area contributed by atoms with E-state index in [-0.39, 0.29) is 5.38 Å². The zero-order valence-electron chi connectivity index (χ0n) is 9.97. The van der Waals surface area contributed by atoms with Gasteiger partial charge in [0.2, 0.25) is 0 Å². The van der Waals surface area contributed by atoms with Crippen LogP contribution in [0.3, 0.4) is 0 Å². The summed E-state index contributed by atoms with van der Waals surface area (Å²) in [7, 11) is 1.63. The van der Waals surface area contributed by atoms with E-state index in [1.54, 1.807) is 7.11 Å². The Bertz CT molecular complexity index is 339. The summed E-state index contributed by atoms with van der Waals surface area (Å²) in [4.78, 5) is 0. The van der Waals surface area contributed by atoms with Gasteiger partial charge in [-0.2, -0.15) is 0 Å². The van der Waals surface area contributed by atoms with Crippen molar-refractivity contribution in [2.75, 3.05) is 7.11 Å². The van der Waals surface area contributed by atoms with E-state index >= 15 is 0 Å². The number of hydrogen-bond donors (Lipinski definition) is 0. The van der Waals surface area contributed by atoms with Crippen LogP contribution in [0.4, 0.5) is 0 Å². The summed E-state index contributed by atoms with van der Waals surface area (Å²) in [6, 6.07) is 5.65. The standard InChI is InChI=1S/C13H18Cl2O/c1-4-9(2)7-12(14)11-6-5-10(16-3)8-13(11)15/h5-6,8-9,12H,4,7H2,1-3H3. The SMILES string of the molecule is CCC(C)CC(Cl)c1ccc(OC)cc1Cl. The van der Waals surface area contributed by atoms with E-state index in [1.165, 1.54) is 0 Å². The van der Waals surface area contributed by atoms with Crippen LogP contribution in [0, 0.1) is 5.92 Å². The Morgan fingerprint density at radius 2 is 2.06 bits per heavy atom. The fourth-order valence-corrected chi connectivity index (χ4v) is 2.39. The monoisotopic (exact) mass is 260 g/mol. The van der Waals surface area contributed by atoms with Crippen LogP contribution in [0.5, 0.6) is 5.75 Å². The lowest BCUT2D eigenvalue weighted by Gasteiger charge is -2.16. The number of benzene rings is 1. The first kappa shape index (κ1) is 13.7. The number of ether oxygens (including phenoxy) is 1. The molecule has 2 atom stereocenters. The molecule has 0 aliphatic heterocycles. The van der Waals surface area contributed by atoms with E-state index in [0.29, 0.717) is 10.9 Å². The van der Waals surface area contributed by atoms with Gasteiger partial charge < -0.3 is 4.74 Å². The van der Waals surface area contributed by atoms with Crippen LogP contribution >= 0.6 is 23.2 Å². The van der Waals surface area contributed by atoms with E-state index < -0.39 is 0 Å². The topological polar surface area (TPSA) is 9.23 Å². The Kier molecular flexibility index (Phi) is 5.43. The van der Waals surface area contributed by atoms with Crippen LogP contribution in [0.2, 0.25) is 5.02 Å². The zero-order chi connectivity index (χ0) is 12.1. The summed E-state index contributed by atoms with van der Waals surface area (Å²) < 4.78 is 5.10. The Balaban J connectivity index is 2.79. The highest BCUT2D eigenvalue weighted by molar-refractivity contribution is 6.32. The summed E-state index contributed by atoms with van der Waals surface area (Å²) >= 11 is 12.5. The molecule has 16 heavy (non-hydrogen) atoms. The van der Waals surface area contributed by atoms with E-state index in [0.717, 1.165) is 24.2 Å². The predicted octanol–water partition coefficient (Wildman–Crippen LogP) is 5.06. The Hall–Kier alpha value is -0.400. The van der Waals surface area contributed by atoms with Crippen molar-refractivity contribution in [3.8, 4) is 5.75 Å². The number of methoxy groups -OCH3 is 1. The van der Waals surface area contributed by atoms with Gasteiger partial charge in [0, 0.05) is 5.02 Å². The van der Waals surface area contributed by atoms with Gasteiger partial charge in [0.05, 0.1) is 12.5 Å². The average molecular weight is 261 g/mol. The molecular weight excluding hydrogens is 243 g/mol. The third kappa shape index (κ3) is 3.57. The lowest BCUT2D eigenvalue weighted by Crippen LogP contribution is -2.00. The van der Waals surface area contributed by atoms with E-state index in [9.17, 15) is 0 Å². The lowest BCUT2D eigenvalue weighted by atomic mass is 9.98. The minimum atomic E-state index is -0.0200. The normalized spacial score (nSPS) is 14.6. The highest BCUT2D eigenvalue weighted by Gasteiger charge is 2.15. The second kappa shape index (κ2) is 6.36. The van der Waals surface area contributed by atoms with E-state index in [4.69, 9.17) is 27.9 Å². The Morgan fingerprint density at radius 1 is 1.38 bits per heavy atom. The molecule has 0 saturated heterocycles. The minimum Gasteiger partial charge on any atom is -0.497 e. The van der Waals surface area contributed by atoms with Gasteiger partial charge in [0.15, 0.2) is 0 Å². The molecule has 0 heterocycles. The lowest BCUT2D eigenvalue weighted by molar-refractivity contribution is 0.414. The molecule has 0 radical (unpaired) electrons. The van der Waals surface area contributed by atoms with Crippen molar-refractivity contribution in [3.63, 3.8) is 0 Å². The molecule has 0 amide bonds. The van der Waals surface area contributed by atoms with Crippen molar-refractivity contribution in [2.45, 2.75) is 32.1 Å². The second-order valence-electron chi connectivity index (χ2n) is 4.10. The zero-order valence-corrected chi connectivity index (χ0v) is 11.5. The van der Waals surface area contributed by atoms with E-state index in [2.05, 4.69) is 13.8 Å². The van der Waals surface area contributed by atoms with Gasteiger partial charge in [-0.05, 0) is 30.0 Å². The van der Waals surface area contributed by atoms with Gasteiger partial charge in [-0.1, -0.05) is 37.9 Å². The minimum absolute atomic E-state index is 0.0200. The second-order valence-corrected chi connectivity index (χ2v) is 5.04. The van der Waals surface area contributed by atoms with Crippen LogP contribution in [-0.4, -0.2) is 7.11 Å². The molecule has 0 fully saturated rings. The molecule has 0 bridgehead atoms. The molecule has 1 aromatic rings. The molecule has 1 rings (SSSR count). The highest BCUT2D eigenvalue weighted by atomic mass is 35.5. The maximum atomic E-state index is 6.36. The van der Waals surface area contributed by atoms with Gasteiger partial charge in [-0.15, -0.1) is 11.6 Å². The van der Waals surface area contributed by atoms with Crippen LogP contribution in [-0.2, 0) is 0 Å². The number of rotatable bonds is 5. The van der Waals surface area contributed by atoms with Crippen molar-refractivity contribution in [3.05, 3.63) is 28.8 Å². The third-order valence-electron chi connectivity index (χ3n) is 2.85. The van der Waals surface area contributed by atoms with Crippen LogP contribution in [0.1, 0.15) is 37.6 Å². The largest absolute Gasteiger partial charge is 0.497 e. The summed E-state index contributed by atoms with van der Waals surface area (Å²) in [6.45, 7) is 4.37. The van der Waals surface area contributed by atoms with Gasteiger partial charge in [-0.3, -0.25) is 0 Å². The molecule has 0 saturated carbocycles. The quantitative estimate of drug-likeness (QED) is 0.673. The molecular formula is C13H18Cl2O. The molecule has 0 spiro atoms. The number of alkyl halides is 1. The molecule has 0 N–H and O–H groups in total. The van der Waals surface area contributed by atoms with Crippen LogP contribution in [0.15, 0.2) is 18.2 Å². The van der Waals surface area contributed by atoms with Gasteiger partial charge in [-0.25, -0.2) is 0 Å². The highest BCUT2D eigenvalue weighted by Crippen LogP contribution is 2.35. The molecule has 0 aliphatic rings. The molecule has 90 valence electrons. The van der Waals surface area contributed by atoms with E-state index in [1.807, 2.05) is 18.2 Å². The summed E-state index contributed by atoms with van der Waals surface area (Å²) in [5.41, 5.74) is 0.990. The number of halogens is 2. The molecule has 3 heteroatoms. The Morgan fingerprint density at radius 3 is 2.56 bits per heavy atom. The smallest absolute Gasteiger partial charge is 0.120 e. The third-order valence-corrected chi connectivity index (χ3v) is 3.59. The van der Waals surface area contributed by atoms with Gasteiger partial charge in [0.25, 0.3) is 0 Å². The van der Waals surface area contributed by atoms with Crippen molar-refractivity contribution in [2.24, 2.45) is 5.92 Å². The summed E-state index contributed by atoms with van der Waals surface area (Å²) in [5.74, 6) is 1.38. The molecule has 1 aromatic carbocycles. The first-order chi connectivity index (χ1) is 7.58. The fraction of sp³-hybridized carbons (Fsp3) is 0.538. The summed E-state index contributed by atoms with van der Waals surface area (Å²) in [5, 5.41) is 0.663. The first-order valence-corrected chi connectivity index (χ1v) is 6.37.